The van der Waals surface area contributed by atoms with Gasteiger partial charge in [-0.1, -0.05) is 35.4 Å². The normalized spacial score (nSPS) is 25.3. The Kier molecular flexibility index (Phi) is 6.36. The van der Waals surface area contributed by atoms with Crippen LogP contribution in [-0.4, -0.2) is 9.52 Å². The molecule has 0 nitrogen and oxygen atoms in total. The van der Waals surface area contributed by atoms with Crippen LogP contribution < -0.4 is 0 Å². The molecular formula is C26H30Cl2SiZr. The van der Waals surface area contributed by atoms with Crippen molar-refractivity contribution in [2.24, 2.45) is 0 Å². The van der Waals surface area contributed by atoms with E-state index in [2.05, 4.69) is 79.7 Å². The maximum absolute atomic E-state index is 7.62. The molecule has 0 amide bonds. The van der Waals surface area contributed by atoms with Crippen LogP contribution in [0.2, 0.25) is 0 Å². The SMILES string of the molecule is CC1=C(C)C(Cl)([SiH2]C2(Cl)C(C)=C(C)c3c(C)cc(C)cc32)c2cc(C)cc(C)c21.[Zr]. The van der Waals surface area contributed by atoms with Gasteiger partial charge in [0.1, 0.15) is 0 Å². The number of hydrogen-bond donors (Lipinski definition) is 0. The summed E-state index contributed by atoms with van der Waals surface area (Å²) in [6.45, 7) is 17.6. The van der Waals surface area contributed by atoms with E-state index in [1.807, 2.05) is 0 Å². The molecule has 2 aliphatic rings. The van der Waals surface area contributed by atoms with Crippen molar-refractivity contribution < 1.29 is 26.2 Å². The molecule has 0 saturated heterocycles. The van der Waals surface area contributed by atoms with E-state index in [-0.39, 0.29) is 26.2 Å². The van der Waals surface area contributed by atoms with Gasteiger partial charge in [0.15, 0.2) is 0 Å². The van der Waals surface area contributed by atoms with E-state index < -0.39 is 18.5 Å². The third-order valence-electron chi connectivity index (χ3n) is 7.36. The summed E-state index contributed by atoms with van der Waals surface area (Å²) in [7, 11) is -1.05. The monoisotopic (exact) mass is 530 g/mol. The first-order chi connectivity index (χ1) is 13.4. The second-order valence-corrected chi connectivity index (χ2v) is 13.9. The topological polar surface area (TPSA) is 0 Å². The van der Waals surface area contributed by atoms with Crippen molar-refractivity contribution in [3.05, 3.63) is 79.9 Å². The van der Waals surface area contributed by atoms with Gasteiger partial charge in [-0.05, 0) is 111 Å². The van der Waals surface area contributed by atoms with E-state index in [1.165, 1.54) is 66.8 Å². The predicted octanol–water partition coefficient (Wildman–Crippen LogP) is 7.18. The predicted molar refractivity (Wildman–Crippen MR) is 132 cm³/mol. The molecule has 156 valence electrons. The quantitative estimate of drug-likeness (QED) is 0.284. The number of fused-ring (bicyclic) bond motifs is 2. The first kappa shape index (κ1) is 24.2. The van der Waals surface area contributed by atoms with Crippen LogP contribution in [-0.2, 0) is 35.2 Å². The summed E-state index contributed by atoms with van der Waals surface area (Å²) in [4.78, 5) is 0. The van der Waals surface area contributed by atoms with Crippen molar-refractivity contribution in [3.63, 3.8) is 0 Å². The number of rotatable bonds is 2. The van der Waals surface area contributed by atoms with E-state index >= 15 is 0 Å². The molecule has 2 atom stereocenters. The van der Waals surface area contributed by atoms with Crippen LogP contribution in [0.5, 0.6) is 0 Å². The zero-order valence-corrected chi connectivity index (χ0v) is 24.7. The molecule has 4 heteroatoms. The Balaban J connectivity index is 0.00000256. The summed E-state index contributed by atoms with van der Waals surface area (Å²) in [6.07, 6.45) is 0. The summed E-state index contributed by atoms with van der Waals surface area (Å²) in [5, 5.41) is 0. The van der Waals surface area contributed by atoms with Crippen molar-refractivity contribution in [1.29, 1.82) is 0 Å². The molecule has 2 aromatic carbocycles. The van der Waals surface area contributed by atoms with Crippen LogP contribution in [0.25, 0.3) is 11.1 Å². The fourth-order valence-corrected chi connectivity index (χ4v) is 10.4. The fourth-order valence-electron chi connectivity index (χ4n) is 5.72. The van der Waals surface area contributed by atoms with E-state index in [0.29, 0.717) is 0 Å². The number of aryl methyl sites for hydroxylation is 4. The molecule has 0 fully saturated rings. The molecule has 4 rings (SSSR count). The molecule has 0 aliphatic heterocycles. The molecular weight excluding hydrogens is 503 g/mol. The van der Waals surface area contributed by atoms with Gasteiger partial charge in [-0.25, -0.2) is 0 Å². The Morgan fingerprint density at radius 3 is 1.27 bits per heavy atom. The van der Waals surface area contributed by atoms with Gasteiger partial charge in [0, 0.05) is 26.2 Å². The van der Waals surface area contributed by atoms with Crippen LogP contribution in [0.1, 0.15) is 72.2 Å². The third kappa shape index (κ3) is 3.24. The Labute approximate surface area is 213 Å². The second kappa shape index (κ2) is 7.87. The smallest absolute Gasteiger partial charge is 0.0923 e. The molecule has 0 bridgehead atoms. The largest absolute Gasteiger partial charge is 0.114 e. The molecule has 2 aliphatic carbocycles. The zero-order valence-electron chi connectivity index (χ0n) is 19.3. The maximum atomic E-state index is 7.62. The van der Waals surface area contributed by atoms with Gasteiger partial charge in [0.25, 0.3) is 0 Å². The summed E-state index contributed by atoms with van der Waals surface area (Å²) < 4.78 is -0.919. The molecule has 0 aromatic heterocycles. The van der Waals surface area contributed by atoms with Crippen LogP contribution in [0.15, 0.2) is 35.4 Å². The molecule has 0 saturated carbocycles. The fraction of sp³-hybridized carbons (Fsp3) is 0.385. The van der Waals surface area contributed by atoms with Gasteiger partial charge >= 0.3 is 0 Å². The standard InChI is InChI=1S/C26H30Cl2Si.Zr/c1-13-9-15(3)23-17(5)19(7)25(27,21(23)11-13)29-26(28)20(8)18(6)24-16(4)10-14(2)12-22(24)26;/h9-12H,29H2,1-8H3;. The number of alkyl halides is 2. The molecule has 0 radical (unpaired) electrons. The first-order valence-corrected chi connectivity index (χ1v) is 12.6. The molecule has 0 heterocycles. The second-order valence-electron chi connectivity index (χ2n) is 9.29. The minimum atomic E-state index is -1.05. The van der Waals surface area contributed by atoms with Crippen molar-refractivity contribution in [2.75, 3.05) is 0 Å². The molecule has 2 unspecified atom stereocenters. The van der Waals surface area contributed by atoms with Crippen molar-refractivity contribution in [3.8, 4) is 0 Å². The zero-order chi connectivity index (χ0) is 21.5. The van der Waals surface area contributed by atoms with Crippen LogP contribution >= 0.6 is 23.2 Å². The average Bonchev–Trinajstić information content (AvgIpc) is 2.92. The molecule has 0 spiro atoms. The summed E-state index contributed by atoms with van der Waals surface area (Å²) in [6, 6.07) is 9.13. The van der Waals surface area contributed by atoms with Gasteiger partial charge in [-0.2, -0.15) is 0 Å². The van der Waals surface area contributed by atoms with Crippen LogP contribution in [0.3, 0.4) is 0 Å². The van der Waals surface area contributed by atoms with Gasteiger partial charge in [-0.15, -0.1) is 23.2 Å². The van der Waals surface area contributed by atoms with Crippen molar-refractivity contribution in [1.82, 2.24) is 0 Å². The summed E-state index contributed by atoms with van der Waals surface area (Å²) in [5.41, 5.74) is 15.7. The Morgan fingerprint density at radius 1 is 0.600 bits per heavy atom. The van der Waals surface area contributed by atoms with Crippen molar-refractivity contribution >= 4 is 43.9 Å². The Bertz CT molecular complexity index is 1050. The molecule has 0 N–H and O–H groups in total. The number of halogens is 2. The first-order valence-electron chi connectivity index (χ1n) is 10.4. The van der Waals surface area contributed by atoms with Crippen LogP contribution in [0.4, 0.5) is 0 Å². The third-order valence-corrected chi connectivity index (χ3v) is 11.9. The van der Waals surface area contributed by atoms with E-state index in [0.717, 1.165) is 0 Å². The van der Waals surface area contributed by atoms with Gasteiger partial charge in [0.05, 0.1) is 18.5 Å². The van der Waals surface area contributed by atoms with Crippen molar-refractivity contribution in [2.45, 2.75) is 64.4 Å². The average molecular weight is 533 g/mol. The van der Waals surface area contributed by atoms with Gasteiger partial charge in [0.2, 0.25) is 0 Å². The number of hydrogen-bond acceptors (Lipinski definition) is 0. The van der Waals surface area contributed by atoms with E-state index in [9.17, 15) is 0 Å². The minimum absolute atomic E-state index is 0. The van der Waals surface area contributed by atoms with Crippen LogP contribution in [0, 0.1) is 27.7 Å². The van der Waals surface area contributed by atoms with E-state index in [4.69, 9.17) is 23.2 Å². The summed E-state index contributed by atoms with van der Waals surface area (Å²) >= 11 is 15.2. The summed E-state index contributed by atoms with van der Waals surface area (Å²) in [5.74, 6) is 0. The number of allylic oxidation sites excluding steroid dienone is 4. The van der Waals surface area contributed by atoms with Gasteiger partial charge < -0.3 is 0 Å². The Morgan fingerprint density at radius 2 is 0.933 bits per heavy atom. The molecule has 2 aromatic rings. The minimum Gasteiger partial charge on any atom is -0.114 e. The molecule has 30 heavy (non-hydrogen) atoms. The maximum Gasteiger partial charge on any atom is 0.0923 e. The van der Waals surface area contributed by atoms with E-state index in [1.54, 1.807) is 0 Å². The Hall–Kier alpha value is -0.400. The van der Waals surface area contributed by atoms with Gasteiger partial charge in [-0.3, -0.25) is 0 Å². The number of benzene rings is 2.